The molecule has 2 aromatic rings. The van der Waals surface area contributed by atoms with Crippen molar-refractivity contribution < 1.29 is 17.9 Å². The summed E-state index contributed by atoms with van der Waals surface area (Å²) in [5.74, 6) is 0.1000. The van der Waals surface area contributed by atoms with Gasteiger partial charge >= 0.3 is 0 Å². The quantitative estimate of drug-likeness (QED) is 0.798. The molecule has 1 aromatic heterocycles. The van der Waals surface area contributed by atoms with Gasteiger partial charge in [-0.3, -0.25) is 8.99 Å². The van der Waals surface area contributed by atoms with E-state index in [1.165, 1.54) is 4.31 Å². The molecule has 1 aromatic carbocycles. The van der Waals surface area contributed by atoms with Gasteiger partial charge in [-0.1, -0.05) is 18.2 Å². The van der Waals surface area contributed by atoms with Crippen molar-refractivity contribution in [3.05, 3.63) is 41.7 Å². The highest BCUT2D eigenvalue weighted by molar-refractivity contribution is 7.92. The normalized spacial score (nSPS) is 21.3. The van der Waals surface area contributed by atoms with Gasteiger partial charge in [0.05, 0.1) is 24.0 Å². The molecule has 0 aliphatic carbocycles. The fraction of sp³-hybridized carbons (Fsp3) is 0.526. The molecule has 0 radical (unpaired) electrons. The first-order chi connectivity index (χ1) is 13.0. The first-order valence-corrected chi connectivity index (χ1v) is 10.7. The Balaban J connectivity index is 1.78. The van der Waals surface area contributed by atoms with Crippen LogP contribution in [0, 0.1) is 0 Å². The number of hydrogen-bond donors (Lipinski definition) is 0. The van der Waals surface area contributed by atoms with Gasteiger partial charge in [-0.2, -0.15) is 5.10 Å². The minimum absolute atomic E-state index is 0.1000. The zero-order valence-corrected chi connectivity index (χ0v) is 16.5. The first-order valence-electron chi connectivity index (χ1n) is 9.25. The molecule has 1 unspecified atom stereocenters. The Morgan fingerprint density at radius 2 is 1.96 bits per heavy atom. The van der Waals surface area contributed by atoms with Crippen molar-refractivity contribution in [1.29, 1.82) is 0 Å². The van der Waals surface area contributed by atoms with Gasteiger partial charge in [-0.15, -0.1) is 0 Å². The SMILES string of the molecule is COC1Cc2ccccc2N(S(=O)(=O)c2cn(C)nc2C2CCOCC2)C1. The summed E-state index contributed by atoms with van der Waals surface area (Å²) in [5.41, 5.74) is 2.36. The summed E-state index contributed by atoms with van der Waals surface area (Å²) in [6.07, 6.45) is 3.74. The van der Waals surface area contributed by atoms with E-state index in [-0.39, 0.29) is 12.0 Å². The van der Waals surface area contributed by atoms with Crippen molar-refractivity contribution in [3.63, 3.8) is 0 Å². The molecule has 146 valence electrons. The lowest BCUT2D eigenvalue weighted by Crippen LogP contribution is -2.43. The molecule has 3 heterocycles. The zero-order chi connectivity index (χ0) is 19.0. The van der Waals surface area contributed by atoms with Gasteiger partial charge in [-0.25, -0.2) is 8.42 Å². The molecule has 4 rings (SSSR count). The molecule has 2 aliphatic heterocycles. The Hall–Kier alpha value is -1.90. The molecule has 2 aliphatic rings. The van der Waals surface area contributed by atoms with E-state index in [4.69, 9.17) is 9.47 Å². The van der Waals surface area contributed by atoms with E-state index in [1.54, 1.807) is 25.0 Å². The van der Waals surface area contributed by atoms with Gasteiger partial charge in [0.2, 0.25) is 0 Å². The van der Waals surface area contributed by atoms with Crippen LogP contribution in [0.3, 0.4) is 0 Å². The van der Waals surface area contributed by atoms with Gasteiger partial charge in [0.1, 0.15) is 4.90 Å². The number of nitrogens with zero attached hydrogens (tertiary/aromatic N) is 3. The van der Waals surface area contributed by atoms with Crippen molar-refractivity contribution >= 4 is 15.7 Å². The molecule has 0 amide bonds. The molecule has 0 N–H and O–H groups in total. The van der Waals surface area contributed by atoms with Crippen LogP contribution < -0.4 is 4.31 Å². The van der Waals surface area contributed by atoms with E-state index in [1.807, 2.05) is 24.3 Å². The lowest BCUT2D eigenvalue weighted by Gasteiger charge is -2.34. The number of rotatable bonds is 4. The van der Waals surface area contributed by atoms with Crippen molar-refractivity contribution in [2.45, 2.75) is 36.2 Å². The lowest BCUT2D eigenvalue weighted by atomic mass is 9.97. The number of sulfonamides is 1. The molecular formula is C19H25N3O4S. The van der Waals surface area contributed by atoms with Gasteiger partial charge in [0.25, 0.3) is 10.0 Å². The average Bonchev–Trinajstić information content (AvgIpc) is 3.10. The number of anilines is 1. The maximum Gasteiger partial charge on any atom is 0.267 e. The van der Waals surface area contributed by atoms with Crippen LogP contribution in [0.15, 0.2) is 35.4 Å². The molecule has 1 fully saturated rings. The number of aryl methyl sites for hydroxylation is 1. The van der Waals surface area contributed by atoms with E-state index in [0.29, 0.717) is 36.8 Å². The molecule has 0 spiro atoms. The van der Waals surface area contributed by atoms with Gasteiger partial charge in [-0.05, 0) is 24.5 Å². The highest BCUT2D eigenvalue weighted by Gasteiger charge is 2.37. The average molecular weight is 391 g/mol. The summed E-state index contributed by atoms with van der Waals surface area (Å²) in [4.78, 5) is 0.295. The number of aromatic nitrogens is 2. The maximum atomic E-state index is 13.7. The minimum Gasteiger partial charge on any atom is -0.381 e. The van der Waals surface area contributed by atoms with Gasteiger partial charge < -0.3 is 9.47 Å². The van der Waals surface area contributed by atoms with Crippen molar-refractivity contribution in [2.75, 3.05) is 31.2 Å². The molecule has 1 saturated heterocycles. The van der Waals surface area contributed by atoms with Crippen LogP contribution in [0.25, 0.3) is 0 Å². The predicted molar refractivity (Wildman–Crippen MR) is 101 cm³/mol. The highest BCUT2D eigenvalue weighted by Crippen LogP contribution is 2.36. The Labute approximate surface area is 159 Å². The standard InChI is InChI=1S/C19H25N3O4S/c1-21-13-18(19(20-21)14-7-9-26-10-8-14)27(23,24)22-12-16(25-2)11-15-5-3-4-6-17(15)22/h3-6,13-14,16H,7-12H2,1-2H3. The number of methoxy groups -OCH3 is 1. The smallest absolute Gasteiger partial charge is 0.267 e. The van der Waals surface area contributed by atoms with Crippen LogP contribution in [0.2, 0.25) is 0 Å². The largest absolute Gasteiger partial charge is 0.381 e. The van der Waals surface area contributed by atoms with E-state index < -0.39 is 10.0 Å². The Morgan fingerprint density at radius 3 is 2.70 bits per heavy atom. The van der Waals surface area contributed by atoms with E-state index >= 15 is 0 Å². The van der Waals surface area contributed by atoms with Crippen molar-refractivity contribution in [2.24, 2.45) is 7.05 Å². The van der Waals surface area contributed by atoms with Crippen LogP contribution in [-0.2, 0) is 33.0 Å². The first kappa shape index (κ1) is 18.5. The second-order valence-corrected chi connectivity index (χ2v) is 9.00. The molecule has 0 saturated carbocycles. The topological polar surface area (TPSA) is 73.7 Å². The molecular weight excluding hydrogens is 366 g/mol. The van der Waals surface area contributed by atoms with Gasteiger partial charge in [0.15, 0.2) is 0 Å². The highest BCUT2D eigenvalue weighted by atomic mass is 32.2. The number of benzene rings is 1. The monoisotopic (exact) mass is 391 g/mol. The predicted octanol–water partition coefficient (Wildman–Crippen LogP) is 2.08. The molecule has 8 heteroatoms. The van der Waals surface area contributed by atoms with Crippen LogP contribution >= 0.6 is 0 Å². The Kier molecular flexibility index (Phi) is 4.96. The van der Waals surface area contributed by atoms with Crippen LogP contribution in [0.5, 0.6) is 0 Å². The maximum absolute atomic E-state index is 13.7. The Morgan fingerprint density at radius 1 is 1.22 bits per heavy atom. The van der Waals surface area contributed by atoms with Crippen LogP contribution in [-0.4, -0.2) is 51.2 Å². The summed E-state index contributed by atoms with van der Waals surface area (Å²) in [6, 6.07) is 7.63. The summed E-state index contributed by atoms with van der Waals surface area (Å²) in [7, 11) is -0.355. The number of hydrogen-bond acceptors (Lipinski definition) is 5. The van der Waals surface area contributed by atoms with E-state index in [0.717, 1.165) is 24.1 Å². The lowest BCUT2D eigenvalue weighted by molar-refractivity contribution is 0.0838. The zero-order valence-electron chi connectivity index (χ0n) is 15.7. The molecule has 27 heavy (non-hydrogen) atoms. The molecule has 0 bridgehead atoms. The fourth-order valence-corrected chi connectivity index (χ4v) is 5.76. The van der Waals surface area contributed by atoms with Crippen molar-refractivity contribution in [1.82, 2.24) is 9.78 Å². The summed E-state index contributed by atoms with van der Waals surface area (Å²) in [5, 5.41) is 4.51. The van der Waals surface area contributed by atoms with E-state index in [9.17, 15) is 8.42 Å². The summed E-state index contributed by atoms with van der Waals surface area (Å²) < 4.78 is 41.4. The Bertz CT molecular complexity index is 919. The summed E-state index contributed by atoms with van der Waals surface area (Å²) in [6.45, 7) is 1.58. The fourth-order valence-electron chi connectivity index (χ4n) is 3.96. The third-order valence-electron chi connectivity index (χ3n) is 5.41. The van der Waals surface area contributed by atoms with Crippen LogP contribution in [0.4, 0.5) is 5.69 Å². The number of ether oxygens (including phenoxy) is 2. The second-order valence-electron chi connectivity index (χ2n) is 7.17. The van der Waals surface area contributed by atoms with Crippen molar-refractivity contribution in [3.8, 4) is 0 Å². The molecule has 1 atom stereocenters. The van der Waals surface area contributed by atoms with Gasteiger partial charge in [0, 0.05) is 45.9 Å². The third-order valence-corrected chi connectivity index (χ3v) is 7.21. The summed E-state index contributed by atoms with van der Waals surface area (Å²) >= 11 is 0. The van der Waals surface area contributed by atoms with E-state index in [2.05, 4.69) is 5.10 Å². The molecule has 7 nitrogen and oxygen atoms in total. The second kappa shape index (κ2) is 7.26. The van der Waals surface area contributed by atoms with Crippen LogP contribution in [0.1, 0.15) is 30.0 Å². The minimum atomic E-state index is -3.75. The number of para-hydroxylation sites is 1. The third kappa shape index (κ3) is 3.37. The number of fused-ring (bicyclic) bond motifs is 1.